The van der Waals surface area contributed by atoms with Gasteiger partial charge in [-0.15, -0.1) is 11.3 Å². The molecule has 1 aromatic carbocycles. The molecular formula is C15H15Cl3N2OS. The molecule has 0 spiro atoms. The molecule has 7 heteroatoms. The molecule has 118 valence electrons. The highest BCUT2D eigenvalue weighted by molar-refractivity contribution is 7.12. The van der Waals surface area contributed by atoms with Crippen LogP contribution in [0.15, 0.2) is 47.8 Å². The Labute approximate surface area is 148 Å². The predicted octanol–water partition coefficient (Wildman–Crippen LogP) is 4.01. The first-order chi connectivity index (χ1) is 10.5. The molecule has 0 saturated heterocycles. The minimum atomic E-state index is -1.64. The summed E-state index contributed by atoms with van der Waals surface area (Å²) < 4.78 is -1.64. The number of halogens is 3. The molecule has 1 atom stereocenters. The molecule has 1 amide bonds. The first-order valence-corrected chi connectivity index (χ1v) is 8.66. The third kappa shape index (κ3) is 5.45. The van der Waals surface area contributed by atoms with Crippen LogP contribution in [0.2, 0.25) is 0 Å². The quantitative estimate of drug-likeness (QED) is 0.590. The highest BCUT2D eigenvalue weighted by Crippen LogP contribution is 2.29. The van der Waals surface area contributed by atoms with E-state index < -0.39 is 9.96 Å². The van der Waals surface area contributed by atoms with Crippen LogP contribution in [0.5, 0.6) is 0 Å². The van der Waals surface area contributed by atoms with Crippen molar-refractivity contribution < 1.29 is 4.79 Å². The van der Waals surface area contributed by atoms with Gasteiger partial charge < -0.3 is 5.32 Å². The Kier molecular flexibility index (Phi) is 6.53. The van der Waals surface area contributed by atoms with Gasteiger partial charge >= 0.3 is 0 Å². The number of carbonyl (C=O) groups is 1. The smallest absolute Gasteiger partial charge is 0.262 e. The average molecular weight is 378 g/mol. The Balaban J connectivity index is 1.91. The zero-order chi connectivity index (χ0) is 16.0. The summed E-state index contributed by atoms with van der Waals surface area (Å²) in [5.41, 5.74) is 1.17. The molecule has 22 heavy (non-hydrogen) atoms. The molecule has 1 aromatic heterocycles. The lowest BCUT2D eigenvalue weighted by Crippen LogP contribution is -2.53. The summed E-state index contributed by atoms with van der Waals surface area (Å²) >= 11 is 19.2. The van der Waals surface area contributed by atoms with E-state index >= 15 is 0 Å². The fraction of sp³-hybridized carbons (Fsp3) is 0.267. The third-order valence-corrected chi connectivity index (χ3v) is 4.48. The Morgan fingerprint density at radius 3 is 2.45 bits per heavy atom. The highest BCUT2D eigenvalue weighted by atomic mass is 35.6. The standard InChI is InChI=1S/C15H15Cl3N2OS/c16-15(17,18)14(20-13(21)12-7-4-10-22-12)19-9-8-11-5-2-1-3-6-11/h1-7,10,14,19H,8-9H2,(H,20,21). The SMILES string of the molecule is O=C(NC(NCCc1ccccc1)C(Cl)(Cl)Cl)c1cccs1. The van der Waals surface area contributed by atoms with E-state index in [0.717, 1.165) is 6.42 Å². The largest absolute Gasteiger partial charge is 0.332 e. The molecular weight excluding hydrogens is 363 g/mol. The van der Waals surface area contributed by atoms with Crippen molar-refractivity contribution in [2.24, 2.45) is 0 Å². The molecule has 2 N–H and O–H groups in total. The van der Waals surface area contributed by atoms with E-state index in [1.807, 2.05) is 35.7 Å². The lowest BCUT2D eigenvalue weighted by molar-refractivity contribution is 0.0934. The van der Waals surface area contributed by atoms with Crippen LogP contribution in [0.4, 0.5) is 0 Å². The number of nitrogens with one attached hydrogen (secondary N) is 2. The van der Waals surface area contributed by atoms with Crippen LogP contribution in [-0.2, 0) is 6.42 Å². The summed E-state index contributed by atoms with van der Waals surface area (Å²) in [6.45, 7) is 0.577. The van der Waals surface area contributed by atoms with Gasteiger partial charge in [-0.25, -0.2) is 0 Å². The summed E-state index contributed by atoms with van der Waals surface area (Å²) in [6.07, 6.45) is 0.00303. The van der Waals surface area contributed by atoms with Gasteiger partial charge in [-0.2, -0.15) is 0 Å². The van der Waals surface area contributed by atoms with Crippen LogP contribution < -0.4 is 10.6 Å². The summed E-state index contributed by atoms with van der Waals surface area (Å²) in [7, 11) is 0. The van der Waals surface area contributed by atoms with Gasteiger partial charge in [0.05, 0.1) is 4.88 Å². The van der Waals surface area contributed by atoms with Crippen molar-refractivity contribution in [3.63, 3.8) is 0 Å². The Hall–Kier alpha value is -0.780. The number of rotatable bonds is 6. The molecule has 0 bridgehead atoms. The number of thiophene rings is 1. The second kappa shape index (κ2) is 8.18. The predicted molar refractivity (Wildman–Crippen MR) is 94.0 cm³/mol. The Morgan fingerprint density at radius 2 is 1.86 bits per heavy atom. The Morgan fingerprint density at radius 1 is 1.14 bits per heavy atom. The van der Waals surface area contributed by atoms with Crippen LogP contribution in [0.1, 0.15) is 15.2 Å². The summed E-state index contributed by atoms with van der Waals surface area (Å²) in [4.78, 5) is 12.7. The van der Waals surface area contributed by atoms with Gasteiger partial charge in [-0.05, 0) is 23.4 Å². The van der Waals surface area contributed by atoms with Crippen molar-refractivity contribution >= 4 is 52.0 Å². The molecule has 2 aromatic rings. The number of carbonyl (C=O) groups excluding carboxylic acids is 1. The van der Waals surface area contributed by atoms with Crippen LogP contribution >= 0.6 is 46.1 Å². The molecule has 1 heterocycles. The fourth-order valence-corrected chi connectivity index (χ4v) is 2.89. The first kappa shape index (κ1) is 17.6. The van der Waals surface area contributed by atoms with Gasteiger partial charge in [0, 0.05) is 6.54 Å². The number of benzene rings is 1. The molecule has 0 saturated carbocycles. The summed E-state index contributed by atoms with van der Waals surface area (Å²) in [5.74, 6) is -0.265. The monoisotopic (exact) mass is 376 g/mol. The topological polar surface area (TPSA) is 41.1 Å². The summed E-state index contributed by atoms with van der Waals surface area (Å²) in [5, 5.41) is 7.61. The number of hydrogen-bond donors (Lipinski definition) is 2. The number of hydrogen-bond acceptors (Lipinski definition) is 3. The minimum absolute atomic E-state index is 0.265. The first-order valence-electron chi connectivity index (χ1n) is 6.65. The van der Waals surface area contributed by atoms with Gasteiger partial charge in [-0.3, -0.25) is 10.1 Å². The van der Waals surface area contributed by atoms with Crippen molar-refractivity contribution in [1.29, 1.82) is 0 Å². The summed E-state index contributed by atoms with van der Waals surface area (Å²) in [6, 6.07) is 13.5. The molecule has 0 fully saturated rings. The maximum atomic E-state index is 12.1. The maximum Gasteiger partial charge on any atom is 0.262 e. The van der Waals surface area contributed by atoms with Gasteiger partial charge in [-0.1, -0.05) is 71.2 Å². The molecule has 3 nitrogen and oxygen atoms in total. The van der Waals surface area contributed by atoms with Crippen molar-refractivity contribution in [2.45, 2.75) is 16.4 Å². The number of alkyl halides is 3. The lowest BCUT2D eigenvalue weighted by atomic mass is 10.1. The van der Waals surface area contributed by atoms with Crippen molar-refractivity contribution in [1.82, 2.24) is 10.6 Å². The molecule has 0 aliphatic rings. The normalized spacial score (nSPS) is 12.9. The molecule has 2 rings (SSSR count). The zero-order valence-corrected chi connectivity index (χ0v) is 14.6. The van der Waals surface area contributed by atoms with E-state index in [1.54, 1.807) is 12.1 Å². The van der Waals surface area contributed by atoms with Crippen LogP contribution in [0.3, 0.4) is 0 Å². The van der Waals surface area contributed by atoms with Gasteiger partial charge in [0.1, 0.15) is 6.17 Å². The van der Waals surface area contributed by atoms with E-state index in [9.17, 15) is 4.79 Å². The molecule has 0 aliphatic heterocycles. The number of amides is 1. The van der Waals surface area contributed by atoms with Crippen LogP contribution in [0.25, 0.3) is 0 Å². The molecule has 0 radical (unpaired) electrons. The second-order valence-electron chi connectivity index (χ2n) is 4.62. The maximum absolute atomic E-state index is 12.1. The van der Waals surface area contributed by atoms with Crippen LogP contribution in [0, 0.1) is 0 Å². The average Bonchev–Trinajstić information content (AvgIpc) is 3.00. The minimum Gasteiger partial charge on any atom is -0.332 e. The van der Waals surface area contributed by atoms with Crippen molar-refractivity contribution in [3.8, 4) is 0 Å². The van der Waals surface area contributed by atoms with Crippen molar-refractivity contribution in [3.05, 3.63) is 58.3 Å². The van der Waals surface area contributed by atoms with E-state index in [4.69, 9.17) is 34.8 Å². The van der Waals surface area contributed by atoms with Gasteiger partial charge in [0.2, 0.25) is 3.79 Å². The Bertz CT molecular complexity index is 585. The zero-order valence-electron chi connectivity index (χ0n) is 11.6. The van der Waals surface area contributed by atoms with E-state index in [0.29, 0.717) is 11.4 Å². The van der Waals surface area contributed by atoms with Gasteiger partial charge in [0.25, 0.3) is 5.91 Å². The van der Waals surface area contributed by atoms with Crippen LogP contribution in [-0.4, -0.2) is 22.4 Å². The van der Waals surface area contributed by atoms with E-state index in [2.05, 4.69) is 10.6 Å². The third-order valence-electron chi connectivity index (χ3n) is 2.95. The second-order valence-corrected chi connectivity index (χ2v) is 7.93. The van der Waals surface area contributed by atoms with Crippen molar-refractivity contribution in [2.75, 3.05) is 6.54 Å². The molecule has 0 aliphatic carbocycles. The fourth-order valence-electron chi connectivity index (χ4n) is 1.86. The van der Waals surface area contributed by atoms with E-state index in [1.165, 1.54) is 16.9 Å². The highest BCUT2D eigenvalue weighted by Gasteiger charge is 2.33. The molecule has 1 unspecified atom stereocenters. The van der Waals surface area contributed by atoms with E-state index in [-0.39, 0.29) is 5.91 Å². The van der Waals surface area contributed by atoms with Gasteiger partial charge in [0.15, 0.2) is 0 Å². The lowest BCUT2D eigenvalue weighted by Gasteiger charge is -2.26.